The number of piperidine rings is 1. The van der Waals surface area contributed by atoms with Gasteiger partial charge < -0.3 is 19.8 Å². The monoisotopic (exact) mass is 446 g/mol. The van der Waals surface area contributed by atoms with Crippen LogP contribution >= 0.6 is 11.6 Å². The standard InChI is InChI=1S/C23H31ClN4O3/c1-15-20(22(29)30-4)12-19(31-15)14-27-23(25-2)26-13-17-8-6-10-28(3)21(17)16-7-5-9-18(24)11-16/h5,7,9,11-12,17,21H,6,8,10,13-14H2,1-4H3,(H2,25,26,27). The molecule has 3 rings (SSSR count). The molecule has 1 fully saturated rings. The maximum absolute atomic E-state index is 11.8. The van der Waals surface area contributed by atoms with Gasteiger partial charge in [0, 0.05) is 24.7 Å². The van der Waals surface area contributed by atoms with E-state index in [9.17, 15) is 4.79 Å². The molecule has 1 aromatic carbocycles. The summed E-state index contributed by atoms with van der Waals surface area (Å²) in [6.07, 6.45) is 2.29. The van der Waals surface area contributed by atoms with Crippen LogP contribution in [0.25, 0.3) is 0 Å². The zero-order valence-corrected chi connectivity index (χ0v) is 19.3. The Bertz CT molecular complexity index is 927. The van der Waals surface area contributed by atoms with E-state index in [1.54, 1.807) is 20.0 Å². The quantitative estimate of drug-likeness (QED) is 0.399. The average molecular weight is 447 g/mol. The van der Waals surface area contributed by atoms with Crippen LogP contribution in [-0.4, -0.2) is 51.1 Å². The molecule has 8 heteroatoms. The first-order valence-corrected chi connectivity index (χ1v) is 10.9. The average Bonchev–Trinajstić information content (AvgIpc) is 3.13. The van der Waals surface area contributed by atoms with Gasteiger partial charge in [-0.2, -0.15) is 0 Å². The minimum atomic E-state index is -0.400. The zero-order chi connectivity index (χ0) is 22.4. The lowest BCUT2D eigenvalue weighted by Gasteiger charge is -2.40. The minimum absolute atomic E-state index is 0.299. The lowest BCUT2D eigenvalue weighted by molar-refractivity contribution is 0.0599. The number of halogens is 1. The van der Waals surface area contributed by atoms with Gasteiger partial charge in [-0.25, -0.2) is 4.79 Å². The molecule has 1 saturated heterocycles. The summed E-state index contributed by atoms with van der Waals surface area (Å²) in [4.78, 5) is 18.5. The third-order valence-corrected chi connectivity index (χ3v) is 5.99. The van der Waals surface area contributed by atoms with Crippen LogP contribution in [0.2, 0.25) is 5.02 Å². The molecule has 2 N–H and O–H groups in total. The molecule has 1 aromatic heterocycles. The van der Waals surface area contributed by atoms with Gasteiger partial charge in [-0.05, 0) is 63.0 Å². The van der Waals surface area contributed by atoms with Crippen LogP contribution in [0.4, 0.5) is 0 Å². The Morgan fingerprint density at radius 3 is 2.87 bits per heavy atom. The maximum Gasteiger partial charge on any atom is 0.341 e. The van der Waals surface area contributed by atoms with Crippen LogP contribution in [0.15, 0.2) is 39.7 Å². The van der Waals surface area contributed by atoms with Crippen molar-refractivity contribution in [1.82, 2.24) is 15.5 Å². The summed E-state index contributed by atoms with van der Waals surface area (Å²) in [5.74, 6) is 1.90. The predicted octanol–water partition coefficient (Wildman–Crippen LogP) is 3.78. The van der Waals surface area contributed by atoms with Gasteiger partial charge in [0.05, 0.1) is 13.7 Å². The smallest absolute Gasteiger partial charge is 0.341 e. The van der Waals surface area contributed by atoms with Crippen molar-refractivity contribution in [3.8, 4) is 0 Å². The van der Waals surface area contributed by atoms with Gasteiger partial charge in [0.25, 0.3) is 0 Å². The van der Waals surface area contributed by atoms with E-state index in [4.69, 9.17) is 20.8 Å². The molecular weight excluding hydrogens is 416 g/mol. The summed E-state index contributed by atoms with van der Waals surface area (Å²) in [5, 5.41) is 7.47. The number of rotatable bonds is 6. The van der Waals surface area contributed by atoms with Crippen LogP contribution in [0, 0.1) is 12.8 Å². The van der Waals surface area contributed by atoms with Crippen molar-refractivity contribution in [2.24, 2.45) is 10.9 Å². The summed E-state index contributed by atoms with van der Waals surface area (Å²) >= 11 is 6.25. The molecule has 31 heavy (non-hydrogen) atoms. The first kappa shape index (κ1) is 23.2. The third kappa shape index (κ3) is 5.80. The summed E-state index contributed by atoms with van der Waals surface area (Å²) < 4.78 is 10.4. The molecule has 0 aliphatic carbocycles. The fourth-order valence-electron chi connectivity index (χ4n) is 4.25. The van der Waals surface area contributed by atoms with Gasteiger partial charge in [0.15, 0.2) is 5.96 Å². The van der Waals surface area contributed by atoms with Gasteiger partial charge in [-0.3, -0.25) is 9.89 Å². The molecule has 1 aliphatic rings. The largest absolute Gasteiger partial charge is 0.465 e. The van der Waals surface area contributed by atoms with Crippen molar-refractivity contribution < 1.29 is 13.9 Å². The number of hydrogen-bond donors (Lipinski definition) is 2. The number of benzene rings is 1. The topological polar surface area (TPSA) is 79.1 Å². The van der Waals surface area contributed by atoms with E-state index in [-0.39, 0.29) is 0 Å². The number of nitrogens with zero attached hydrogens (tertiary/aromatic N) is 2. The second-order valence-electron chi connectivity index (χ2n) is 7.86. The molecular formula is C23H31ClN4O3. The highest BCUT2D eigenvalue weighted by Gasteiger charge is 2.30. The number of carbonyl (C=O) groups is 1. The molecule has 2 atom stereocenters. The number of furan rings is 1. The number of ether oxygens (including phenoxy) is 1. The van der Waals surface area contributed by atoms with Crippen LogP contribution in [0.1, 0.15) is 46.3 Å². The van der Waals surface area contributed by atoms with Gasteiger partial charge in [0.2, 0.25) is 0 Å². The van der Waals surface area contributed by atoms with Gasteiger partial charge in [-0.15, -0.1) is 0 Å². The van der Waals surface area contributed by atoms with E-state index in [1.807, 2.05) is 12.1 Å². The number of carbonyl (C=O) groups excluding carboxylic acids is 1. The summed E-state index contributed by atoms with van der Waals surface area (Å²) in [7, 11) is 5.27. The van der Waals surface area contributed by atoms with E-state index in [0.29, 0.717) is 41.5 Å². The summed E-state index contributed by atoms with van der Waals surface area (Å²) in [6.45, 7) is 4.02. The first-order chi connectivity index (χ1) is 14.9. The SMILES string of the molecule is CN=C(NCc1cc(C(=O)OC)c(C)o1)NCC1CCCN(C)C1c1cccc(Cl)c1. The lowest BCUT2D eigenvalue weighted by atomic mass is 9.85. The Morgan fingerprint density at radius 1 is 1.35 bits per heavy atom. The van der Waals surface area contributed by atoms with Crippen molar-refractivity contribution in [1.29, 1.82) is 0 Å². The van der Waals surface area contributed by atoms with E-state index < -0.39 is 5.97 Å². The van der Waals surface area contributed by atoms with Crippen LogP contribution in [-0.2, 0) is 11.3 Å². The first-order valence-electron chi connectivity index (χ1n) is 10.5. The third-order valence-electron chi connectivity index (χ3n) is 5.76. The van der Waals surface area contributed by atoms with Crippen LogP contribution in [0.5, 0.6) is 0 Å². The molecule has 2 unspecified atom stereocenters. The highest BCUT2D eigenvalue weighted by Crippen LogP contribution is 2.35. The number of guanidine groups is 1. The summed E-state index contributed by atoms with van der Waals surface area (Å²) in [6, 6.07) is 10.1. The molecule has 0 radical (unpaired) electrons. The van der Waals surface area contributed by atoms with Crippen molar-refractivity contribution >= 4 is 23.5 Å². The fraction of sp³-hybridized carbons (Fsp3) is 0.478. The molecule has 0 amide bonds. The lowest BCUT2D eigenvalue weighted by Crippen LogP contribution is -2.44. The van der Waals surface area contributed by atoms with E-state index >= 15 is 0 Å². The van der Waals surface area contributed by atoms with Crippen molar-refractivity contribution in [2.45, 2.75) is 32.4 Å². The predicted molar refractivity (Wildman–Crippen MR) is 123 cm³/mol. The maximum atomic E-state index is 11.8. The number of methoxy groups -OCH3 is 1. The van der Waals surface area contributed by atoms with E-state index in [1.165, 1.54) is 12.7 Å². The molecule has 168 valence electrons. The van der Waals surface area contributed by atoms with E-state index in [2.05, 4.69) is 39.7 Å². The van der Waals surface area contributed by atoms with Crippen LogP contribution in [0.3, 0.4) is 0 Å². The Morgan fingerprint density at radius 2 is 2.16 bits per heavy atom. The number of aryl methyl sites for hydroxylation is 1. The second kappa shape index (κ2) is 10.7. The van der Waals surface area contributed by atoms with Gasteiger partial charge >= 0.3 is 5.97 Å². The molecule has 2 aromatic rings. The molecule has 0 saturated carbocycles. The Balaban J connectivity index is 1.61. The highest BCUT2D eigenvalue weighted by atomic mass is 35.5. The van der Waals surface area contributed by atoms with Gasteiger partial charge in [-0.1, -0.05) is 23.7 Å². The molecule has 1 aliphatic heterocycles. The van der Waals surface area contributed by atoms with Crippen molar-refractivity contribution in [3.63, 3.8) is 0 Å². The zero-order valence-electron chi connectivity index (χ0n) is 18.6. The number of likely N-dealkylation sites (tertiary alicyclic amines) is 1. The molecule has 2 heterocycles. The Hall–Kier alpha value is -2.51. The molecule has 0 bridgehead atoms. The number of esters is 1. The Labute approximate surface area is 188 Å². The van der Waals surface area contributed by atoms with Gasteiger partial charge in [0.1, 0.15) is 17.1 Å². The minimum Gasteiger partial charge on any atom is -0.465 e. The van der Waals surface area contributed by atoms with Crippen molar-refractivity contribution in [2.75, 3.05) is 34.3 Å². The second-order valence-corrected chi connectivity index (χ2v) is 8.30. The van der Waals surface area contributed by atoms with Crippen molar-refractivity contribution in [3.05, 3.63) is 58.0 Å². The number of aliphatic imine (C=N–C) groups is 1. The van der Waals surface area contributed by atoms with Crippen LogP contribution < -0.4 is 10.6 Å². The number of nitrogens with one attached hydrogen (secondary N) is 2. The molecule has 7 nitrogen and oxygen atoms in total. The summed E-state index contributed by atoms with van der Waals surface area (Å²) in [5.41, 5.74) is 1.68. The fourth-order valence-corrected chi connectivity index (χ4v) is 4.45. The normalized spacial score (nSPS) is 19.8. The highest BCUT2D eigenvalue weighted by molar-refractivity contribution is 6.30. The van der Waals surface area contributed by atoms with E-state index in [0.717, 1.165) is 31.0 Å². The number of hydrogen-bond acceptors (Lipinski definition) is 5. The Kier molecular flexibility index (Phi) is 7.98. The molecule has 0 spiro atoms.